The highest BCUT2D eigenvalue weighted by atomic mass is 32.2. The number of aliphatic imine (C=N–C) groups is 1. The lowest BCUT2D eigenvalue weighted by Gasteiger charge is -2.36. The molecule has 0 unspecified atom stereocenters. The van der Waals surface area contributed by atoms with Gasteiger partial charge >= 0.3 is 0 Å². The van der Waals surface area contributed by atoms with Crippen molar-refractivity contribution in [1.82, 2.24) is 4.90 Å². The number of nitrogens with zero attached hydrogens (tertiary/aromatic N) is 2. The van der Waals surface area contributed by atoms with Gasteiger partial charge in [0.2, 0.25) is 0 Å². The van der Waals surface area contributed by atoms with Gasteiger partial charge in [-0.25, -0.2) is 8.42 Å². The average molecular weight is 419 g/mol. The van der Waals surface area contributed by atoms with Gasteiger partial charge in [0.15, 0.2) is 15.0 Å². The molecular weight excluding hydrogens is 392 g/mol. The van der Waals surface area contributed by atoms with Gasteiger partial charge in [-0.2, -0.15) is 4.99 Å². The molecule has 28 heavy (non-hydrogen) atoms. The molecule has 1 amide bonds. The number of fused-ring (bicyclic) bond motifs is 3. The van der Waals surface area contributed by atoms with Crippen LogP contribution in [0.15, 0.2) is 29.3 Å². The molecule has 2 heterocycles. The predicted molar refractivity (Wildman–Crippen MR) is 112 cm³/mol. The number of amides is 1. The molecule has 2 bridgehead atoms. The van der Waals surface area contributed by atoms with E-state index in [0.717, 1.165) is 28.6 Å². The first-order chi connectivity index (χ1) is 13.4. The van der Waals surface area contributed by atoms with Crippen molar-refractivity contribution in [2.75, 3.05) is 11.5 Å². The molecule has 2 aliphatic heterocycles. The summed E-state index contributed by atoms with van der Waals surface area (Å²) in [6.07, 6.45) is 5.20. The standard InChI is InChI=1S/C21H26N2O3S2/c1-13-3-2-4-14(7-13)10-20(24)22-21-23(17-9-15-5-6-16(17)8-15)18-11-28(25,26)12-19(18)27-21/h2-4,7,15-19H,5-6,8-12H2,1H3/t15-,16-,17-,18-,19-/m1/s1. The fourth-order valence-corrected chi connectivity index (χ4v) is 9.66. The van der Waals surface area contributed by atoms with Gasteiger partial charge in [-0.05, 0) is 43.6 Å². The van der Waals surface area contributed by atoms with E-state index in [0.29, 0.717) is 18.4 Å². The van der Waals surface area contributed by atoms with Gasteiger partial charge in [-0.3, -0.25) is 4.79 Å². The van der Waals surface area contributed by atoms with Crippen molar-refractivity contribution >= 4 is 32.7 Å². The lowest BCUT2D eigenvalue weighted by molar-refractivity contribution is -0.117. The minimum absolute atomic E-state index is 0.00938. The lowest BCUT2D eigenvalue weighted by atomic mass is 9.93. The zero-order valence-electron chi connectivity index (χ0n) is 16.1. The van der Waals surface area contributed by atoms with E-state index in [4.69, 9.17) is 0 Å². The number of hydrogen-bond donors (Lipinski definition) is 0. The summed E-state index contributed by atoms with van der Waals surface area (Å²) < 4.78 is 24.4. The van der Waals surface area contributed by atoms with Gasteiger partial charge in [-0.15, -0.1) is 0 Å². The van der Waals surface area contributed by atoms with Gasteiger partial charge in [-0.1, -0.05) is 48.0 Å². The first kappa shape index (κ1) is 18.7. The summed E-state index contributed by atoms with van der Waals surface area (Å²) in [5.74, 6) is 1.68. The Morgan fingerprint density at radius 3 is 2.79 bits per heavy atom. The Hall–Kier alpha value is -1.34. The molecule has 0 radical (unpaired) electrons. The van der Waals surface area contributed by atoms with Gasteiger partial charge in [0.1, 0.15) is 0 Å². The molecule has 5 rings (SSSR count). The molecule has 2 saturated heterocycles. The molecular formula is C21H26N2O3S2. The van der Waals surface area contributed by atoms with Crippen molar-refractivity contribution < 1.29 is 13.2 Å². The summed E-state index contributed by atoms with van der Waals surface area (Å²) in [6.45, 7) is 2.02. The predicted octanol–water partition coefficient (Wildman–Crippen LogP) is 2.82. The van der Waals surface area contributed by atoms with Crippen molar-refractivity contribution in [3.63, 3.8) is 0 Å². The lowest BCUT2D eigenvalue weighted by Crippen LogP contribution is -2.47. The number of benzene rings is 1. The van der Waals surface area contributed by atoms with Crippen LogP contribution >= 0.6 is 11.8 Å². The first-order valence-electron chi connectivity index (χ1n) is 10.2. The number of sulfone groups is 1. The number of carbonyl (C=O) groups excluding carboxylic acids is 1. The number of rotatable bonds is 3. The molecule has 2 aliphatic carbocycles. The van der Waals surface area contributed by atoms with Crippen LogP contribution in [0.1, 0.15) is 36.8 Å². The number of aryl methyl sites for hydroxylation is 1. The van der Waals surface area contributed by atoms with Crippen LogP contribution in [-0.4, -0.2) is 53.2 Å². The fourth-order valence-electron chi connectivity index (χ4n) is 5.67. The summed E-state index contributed by atoms with van der Waals surface area (Å²) in [7, 11) is -2.99. The molecule has 4 aliphatic rings. The third-order valence-electron chi connectivity index (χ3n) is 6.82. The number of amidine groups is 1. The Morgan fingerprint density at radius 2 is 2.07 bits per heavy atom. The normalized spacial score (nSPS) is 37.0. The van der Waals surface area contributed by atoms with Gasteiger partial charge < -0.3 is 4.90 Å². The van der Waals surface area contributed by atoms with E-state index in [2.05, 4.69) is 9.89 Å². The summed E-state index contributed by atoms with van der Waals surface area (Å²) in [5, 5.41) is 0.801. The summed E-state index contributed by atoms with van der Waals surface area (Å²) >= 11 is 1.52. The maximum atomic E-state index is 12.7. The van der Waals surface area contributed by atoms with Gasteiger partial charge in [0.05, 0.1) is 24.0 Å². The van der Waals surface area contributed by atoms with Crippen LogP contribution in [0.4, 0.5) is 0 Å². The van der Waals surface area contributed by atoms with Crippen LogP contribution in [0.2, 0.25) is 0 Å². The van der Waals surface area contributed by atoms with Gasteiger partial charge in [0.25, 0.3) is 5.91 Å². The summed E-state index contributed by atoms with van der Waals surface area (Å²) in [6, 6.07) is 8.32. The zero-order chi connectivity index (χ0) is 19.5. The van der Waals surface area contributed by atoms with E-state index < -0.39 is 9.84 Å². The summed E-state index contributed by atoms with van der Waals surface area (Å²) in [4.78, 5) is 19.5. The van der Waals surface area contributed by atoms with E-state index in [1.165, 1.54) is 31.0 Å². The third kappa shape index (κ3) is 3.41. The number of thioether (sulfide) groups is 1. The number of hydrogen-bond acceptors (Lipinski definition) is 4. The Kier molecular flexibility index (Phi) is 4.58. The maximum Gasteiger partial charge on any atom is 0.252 e. The Bertz CT molecular complexity index is 943. The van der Waals surface area contributed by atoms with Crippen LogP contribution in [0.25, 0.3) is 0 Å². The Balaban J connectivity index is 1.41. The smallest absolute Gasteiger partial charge is 0.252 e. The largest absolute Gasteiger partial charge is 0.343 e. The van der Waals surface area contributed by atoms with Crippen molar-refractivity contribution in [2.45, 2.75) is 56.4 Å². The minimum atomic E-state index is -2.99. The van der Waals surface area contributed by atoms with Crippen LogP contribution in [-0.2, 0) is 21.1 Å². The van der Waals surface area contributed by atoms with E-state index in [1.807, 2.05) is 31.2 Å². The highest BCUT2D eigenvalue weighted by Crippen LogP contribution is 2.51. The third-order valence-corrected chi connectivity index (χ3v) is 10.0. The maximum absolute atomic E-state index is 12.7. The number of carbonyl (C=O) groups is 1. The molecule has 0 aromatic heterocycles. The molecule has 1 aromatic rings. The minimum Gasteiger partial charge on any atom is -0.343 e. The second kappa shape index (κ2) is 6.87. The van der Waals surface area contributed by atoms with Gasteiger partial charge in [0, 0.05) is 11.3 Å². The van der Waals surface area contributed by atoms with Crippen LogP contribution in [0, 0.1) is 18.8 Å². The quantitative estimate of drug-likeness (QED) is 0.755. The molecule has 150 valence electrons. The van der Waals surface area contributed by atoms with Crippen molar-refractivity contribution in [2.24, 2.45) is 16.8 Å². The van der Waals surface area contributed by atoms with Crippen molar-refractivity contribution in [3.05, 3.63) is 35.4 Å². The molecule has 2 saturated carbocycles. The van der Waals surface area contributed by atoms with E-state index in [-0.39, 0.29) is 28.7 Å². The Morgan fingerprint density at radius 1 is 1.21 bits per heavy atom. The molecule has 0 N–H and O–H groups in total. The van der Waals surface area contributed by atoms with Crippen LogP contribution in [0.3, 0.4) is 0 Å². The first-order valence-corrected chi connectivity index (χ1v) is 12.9. The SMILES string of the molecule is Cc1cccc(CC(=O)N=C2S[C@@H]3CS(=O)(=O)C[C@H]3N2[C@@H]2C[C@@H]3CC[C@@H]2C3)c1. The molecule has 7 heteroatoms. The second-order valence-electron chi connectivity index (χ2n) is 8.90. The topological polar surface area (TPSA) is 66.8 Å². The van der Waals surface area contributed by atoms with Crippen LogP contribution in [0.5, 0.6) is 0 Å². The zero-order valence-corrected chi connectivity index (χ0v) is 17.7. The molecule has 5 atom stereocenters. The van der Waals surface area contributed by atoms with Crippen molar-refractivity contribution in [3.8, 4) is 0 Å². The molecule has 1 aromatic carbocycles. The Labute approximate surface area is 170 Å². The van der Waals surface area contributed by atoms with E-state index >= 15 is 0 Å². The van der Waals surface area contributed by atoms with Crippen molar-refractivity contribution in [1.29, 1.82) is 0 Å². The molecule has 4 fully saturated rings. The average Bonchev–Trinajstić information content (AvgIpc) is 3.34. The molecule has 5 nitrogen and oxygen atoms in total. The fraction of sp³-hybridized carbons (Fsp3) is 0.619. The van der Waals surface area contributed by atoms with E-state index in [1.54, 1.807) is 0 Å². The highest BCUT2D eigenvalue weighted by Gasteiger charge is 2.54. The monoisotopic (exact) mass is 418 g/mol. The highest BCUT2D eigenvalue weighted by molar-refractivity contribution is 8.15. The molecule has 0 spiro atoms. The second-order valence-corrected chi connectivity index (χ2v) is 12.3. The van der Waals surface area contributed by atoms with E-state index in [9.17, 15) is 13.2 Å². The summed E-state index contributed by atoms with van der Waals surface area (Å²) in [5.41, 5.74) is 2.11. The van der Waals surface area contributed by atoms with Crippen LogP contribution < -0.4 is 0 Å².